The second-order valence-electron chi connectivity index (χ2n) is 11.2. The van der Waals surface area contributed by atoms with E-state index in [0.29, 0.717) is 57.5 Å². The van der Waals surface area contributed by atoms with Crippen LogP contribution < -0.4 is 4.74 Å². The average molecular weight is 703 g/mol. The first kappa shape index (κ1) is 34.2. The molecule has 1 atom stereocenters. The third kappa shape index (κ3) is 7.67. The molecule has 0 amide bonds. The Morgan fingerprint density at radius 2 is 1.41 bits per heavy atom. The Morgan fingerprint density at radius 3 is 2.04 bits per heavy atom. The number of rotatable bonds is 10. The number of aldehydes is 1. The predicted molar refractivity (Wildman–Crippen MR) is 187 cm³/mol. The summed E-state index contributed by atoms with van der Waals surface area (Å²) in [5.74, 6) is -2.17. The predicted octanol–water partition coefficient (Wildman–Crippen LogP) is 6.98. The third-order valence-electron chi connectivity index (χ3n) is 7.96. The highest BCUT2D eigenvalue weighted by molar-refractivity contribution is 7.00. The molecular weight excluding hydrogens is 676 g/mol. The van der Waals surface area contributed by atoms with Gasteiger partial charge in [0.25, 0.3) is 17.2 Å². The van der Waals surface area contributed by atoms with Crippen molar-refractivity contribution in [2.24, 2.45) is 0 Å². The summed E-state index contributed by atoms with van der Waals surface area (Å²) in [5.41, 5.74) is 4.76. The number of nitro benzene ring substituents is 2. The molecule has 2 heterocycles. The number of cyclic esters (lactones) is 1. The van der Waals surface area contributed by atoms with Crippen LogP contribution in [0.1, 0.15) is 32.6 Å². The monoisotopic (exact) mass is 702 g/mol. The summed E-state index contributed by atoms with van der Waals surface area (Å²) in [4.78, 5) is 43.7. The molecule has 1 unspecified atom stereocenters. The second kappa shape index (κ2) is 14.9. The maximum atomic E-state index is 13.3. The highest BCUT2D eigenvalue weighted by Gasteiger charge is 2.48. The summed E-state index contributed by atoms with van der Waals surface area (Å²) in [5, 5.41) is 33.2. The van der Waals surface area contributed by atoms with Crippen LogP contribution in [-0.2, 0) is 28.3 Å². The van der Waals surface area contributed by atoms with Crippen LogP contribution in [0.25, 0.3) is 16.6 Å². The van der Waals surface area contributed by atoms with Gasteiger partial charge in [0.05, 0.1) is 27.1 Å². The number of non-ortho nitro benzene ring substituents is 2. The number of aliphatic hydroxyl groups is 1. The van der Waals surface area contributed by atoms with Crippen LogP contribution >= 0.6 is 11.7 Å². The number of carbonyl (C=O) groups is 2. The molecule has 0 saturated carbocycles. The molecule has 0 aliphatic carbocycles. The molecule has 0 spiro atoms. The topological polar surface area (TPSA) is 185 Å². The minimum absolute atomic E-state index is 0.00407. The Hall–Kier alpha value is -6.64. The van der Waals surface area contributed by atoms with E-state index in [1.807, 2.05) is 30.3 Å². The van der Waals surface area contributed by atoms with Gasteiger partial charge < -0.3 is 14.6 Å². The minimum Gasteiger partial charge on any atom is -0.489 e. The molecule has 51 heavy (non-hydrogen) atoms. The van der Waals surface area contributed by atoms with Gasteiger partial charge in [-0.1, -0.05) is 48.5 Å². The molecule has 1 aromatic heterocycles. The molecule has 0 saturated heterocycles. The van der Waals surface area contributed by atoms with Gasteiger partial charge >= 0.3 is 5.97 Å². The number of hydrogen-bond acceptors (Lipinski definition) is 12. The molecule has 6 aromatic rings. The number of nitrogens with zero attached hydrogens (tertiary/aromatic N) is 4. The third-order valence-corrected chi connectivity index (χ3v) is 8.52. The van der Waals surface area contributed by atoms with Gasteiger partial charge in [0.2, 0.25) is 0 Å². The Labute approximate surface area is 293 Å². The maximum Gasteiger partial charge on any atom is 0.342 e. The van der Waals surface area contributed by atoms with Gasteiger partial charge in [0, 0.05) is 47.4 Å². The number of benzene rings is 5. The van der Waals surface area contributed by atoms with E-state index in [1.54, 1.807) is 54.6 Å². The number of fused-ring (bicyclic) bond motifs is 1. The Kier molecular flexibility index (Phi) is 9.97. The first-order chi connectivity index (χ1) is 24.6. The van der Waals surface area contributed by atoms with Crippen LogP contribution in [0.5, 0.6) is 5.75 Å². The number of aromatic nitrogens is 2. The number of hydrogen-bond donors (Lipinski definition) is 1. The maximum absolute atomic E-state index is 13.3. The summed E-state index contributed by atoms with van der Waals surface area (Å²) < 4.78 is 20.0. The molecule has 1 aliphatic rings. The van der Waals surface area contributed by atoms with Crippen molar-refractivity contribution < 1.29 is 34.0 Å². The molecule has 1 N–H and O–H groups in total. The number of ether oxygens (including phenoxy) is 2. The summed E-state index contributed by atoms with van der Waals surface area (Å²) in [6.07, 6.45) is 0.749. The smallest absolute Gasteiger partial charge is 0.342 e. The fourth-order valence-electron chi connectivity index (χ4n) is 5.34. The van der Waals surface area contributed by atoms with E-state index in [2.05, 4.69) is 8.75 Å². The van der Waals surface area contributed by atoms with Crippen molar-refractivity contribution in [3.05, 3.63) is 175 Å². The lowest BCUT2D eigenvalue weighted by molar-refractivity contribution is -0.385. The van der Waals surface area contributed by atoms with E-state index < -0.39 is 21.6 Å². The zero-order chi connectivity index (χ0) is 36.0. The normalized spacial score (nSPS) is 15.1. The molecular formula is C37H26N4O9S. The fraction of sp³-hybridized carbons (Fsp3) is 0.0811. The van der Waals surface area contributed by atoms with Crippen LogP contribution in [0.15, 0.2) is 127 Å². The molecule has 14 heteroatoms. The molecule has 254 valence electrons. The Morgan fingerprint density at radius 1 is 0.784 bits per heavy atom. The van der Waals surface area contributed by atoms with Gasteiger partial charge in [0.1, 0.15) is 29.7 Å². The largest absolute Gasteiger partial charge is 0.489 e. The summed E-state index contributed by atoms with van der Waals surface area (Å²) in [7, 11) is 0. The first-order valence-corrected chi connectivity index (χ1v) is 16.0. The van der Waals surface area contributed by atoms with Gasteiger partial charge in [-0.3, -0.25) is 25.0 Å². The van der Waals surface area contributed by atoms with Crippen molar-refractivity contribution in [1.29, 1.82) is 0 Å². The van der Waals surface area contributed by atoms with Crippen molar-refractivity contribution >= 4 is 52.0 Å². The highest BCUT2D eigenvalue weighted by atomic mass is 32.1. The molecule has 5 aromatic carbocycles. The molecule has 0 bridgehead atoms. The van der Waals surface area contributed by atoms with Crippen molar-refractivity contribution in [2.45, 2.75) is 18.8 Å². The van der Waals surface area contributed by atoms with Gasteiger partial charge in [-0.05, 0) is 65.2 Å². The molecule has 0 radical (unpaired) electrons. The van der Waals surface area contributed by atoms with E-state index >= 15 is 0 Å². The Balaban J connectivity index is 0.000000349. The molecule has 0 fully saturated rings. The lowest BCUT2D eigenvalue weighted by Gasteiger charge is -2.26. The van der Waals surface area contributed by atoms with Crippen molar-refractivity contribution in [2.75, 3.05) is 0 Å². The van der Waals surface area contributed by atoms with Crippen molar-refractivity contribution in [1.82, 2.24) is 8.75 Å². The van der Waals surface area contributed by atoms with E-state index in [4.69, 9.17) is 9.47 Å². The standard InChI is InChI=1S/C30H21N3O6S.C7H5NO3/c34-29-28(21-8-15-26-27(17-21)32-40-31-26)25(16-19-6-11-23(12-7-19)33(36)37)30(35,39-29)22-9-13-24(14-10-22)38-18-20-4-2-1-3-5-20;9-5-6-1-3-7(4-2-6)8(10)11/h1-15,17,35H,16,18H2;1-5H. The minimum atomic E-state index is -2.07. The van der Waals surface area contributed by atoms with E-state index in [-0.39, 0.29) is 23.4 Å². The zero-order valence-corrected chi connectivity index (χ0v) is 27.3. The Bertz CT molecular complexity index is 2260. The second-order valence-corrected chi connectivity index (χ2v) is 11.7. The summed E-state index contributed by atoms with van der Waals surface area (Å²) >= 11 is 1.06. The van der Waals surface area contributed by atoms with Crippen LogP contribution in [0.2, 0.25) is 0 Å². The SMILES string of the molecule is O=C1OC(O)(c2ccc(OCc3ccccc3)cc2)C(Cc2ccc([N+](=O)[O-])cc2)=C1c1ccc2nsnc2c1.O=Cc1ccc([N+](=O)[O-])cc1. The van der Waals surface area contributed by atoms with Gasteiger partial charge in [-0.2, -0.15) is 8.75 Å². The first-order valence-electron chi connectivity index (χ1n) is 15.3. The van der Waals surface area contributed by atoms with E-state index in [0.717, 1.165) is 17.3 Å². The lowest BCUT2D eigenvalue weighted by atomic mass is 9.88. The number of carbonyl (C=O) groups excluding carboxylic acids is 2. The number of nitro groups is 2. The zero-order valence-electron chi connectivity index (χ0n) is 26.4. The van der Waals surface area contributed by atoms with Crippen molar-refractivity contribution in [3.63, 3.8) is 0 Å². The average Bonchev–Trinajstić information content (AvgIpc) is 3.73. The van der Waals surface area contributed by atoms with Crippen LogP contribution in [0.4, 0.5) is 11.4 Å². The van der Waals surface area contributed by atoms with E-state index in [9.17, 15) is 34.9 Å². The van der Waals surface area contributed by atoms with Crippen molar-refractivity contribution in [3.8, 4) is 5.75 Å². The fourth-order valence-corrected chi connectivity index (χ4v) is 5.86. The van der Waals surface area contributed by atoms with Crippen LogP contribution in [0, 0.1) is 20.2 Å². The quantitative estimate of drug-likeness (QED) is 0.0672. The molecule has 13 nitrogen and oxygen atoms in total. The summed E-state index contributed by atoms with van der Waals surface area (Å²) in [6, 6.07) is 33.1. The van der Waals surface area contributed by atoms with Crippen LogP contribution in [-0.4, -0.2) is 36.0 Å². The molecule has 1 aliphatic heterocycles. The van der Waals surface area contributed by atoms with Gasteiger partial charge in [-0.25, -0.2) is 4.79 Å². The lowest BCUT2D eigenvalue weighted by Crippen LogP contribution is -2.29. The van der Waals surface area contributed by atoms with Gasteiger partial charge in [0.15, 0.2) is 0 Å². The van der Waals surface area contributed by atoms with E-state index in [1.165, 1.54) is 36.4 Å². The van der Waals surface area contributed by atoms with Gasteiger partial charge in [-0.15, -0.1) is 0 Å². The number of esters is 1. The van der Waals surface area contributed by atoms with Crippen LogP contribution in [0.3, 0.4) is 0 Å². The highest BCUT2D eigenvalue weighted by Crippen LogP contribution is 2.45. The summed E-state index contributed by atoms with van der Waals surface area (Å²) in [6.45, 7) is 0.378. The molecule has 7 rings (SSSR count).